The second kappa shape index (κ2) is 6.10. The number of carbonyl (C=O) groups excluding carboxylic acids is 1. The Labute approximate surface area is 115 Å². The lowest BCUT2D eigenvalue weighted by molar-refractivity contribution is -0.111. The molecule has 0 radical (unpaired) electrons. The van der Waals surface area contributed by atoms with Gasteiger partial charge in [0.2, 0.25) is 5.91 Å². The van der Waals surface area contributed by atoms with E-state index in [9.17, 15) is 13.6 Å². The summed E-state index contributed by atoms with van der Waals surface area (Å²) in [5.41, 5.74) is 1.91. The largest absolute Gasteiger partial charge is 0.322 e. The number of hydrogen-bond donors (Lipinski definition) is 1. The molecule has 2 aromatic carbocycles. The number of benzene rings is 2. The smallest absolute Gasteiger partial charge is 0.248 e. The second-order valence-corrected chi connectivity index (χ2v) is 4.33. The van der Waals surface area contributed by atoms with Crippen LogP contribution in [0.25, 0.3) is 6.08 Å². The molecule has 0 heterocycles. The molecule has 0 aliphatic heterocycles. The topological polar surface area (TPSA) is 29.1 Å². The van der Waals surface area contributed by atoms with E-state index in [2.05, 4.69) is 5.32 Å². The van der Waals surface area contributed by atoms with Crippen molar-refractivity contribution in [2.24, 2.45) is 0 Å². The highest BCUT2D eigenvalue weighted by Gasteiger charge is 2.03. The molecular weight excluding hydrogens is 260 g/mol. The number of aryl methyl sites for hydroxylation is 1. The summed E-state index contributed by atoms with van der Waals surface area (Å²) in [4.78, 5) is 11.7. The minimum Gasteiger partial charge on any atom is -0.322 e. The van der Waals surface area contributed by atoms with Gasteiger partial charge in [-0.3, -0.25) is 4.79 Å². The molecule has 0 aliphatic carbocycles. The van der Waals surface area contributed by atoms with Gasteiger partial charge in [0, 0.05) is 11.8 Å². The highest BCUT2D eigenvalue weighted by atomic mass is 19.1. The Hall–Kier alpha value is -2.49. The van der Waals surface area contributed by atoms with E-state index < -0.39 is 5.82 Å². The Morgan fingerprint density at radius 3 is 2.40 bits per heavy atom. The van der Waals surface area contributed by atoms with Crippen LogP contribution in [0, 0.1) is 18.6 Å². The first kappa shape index (κ1) is 13.9. The summed E-state index contributed by atoms with van der Waals surface area (Å²) in [6.07, 6.45) is 2.88. The van der Waals surface area contributed by atoms with E-state index in [1.165, 1.54) is 30.3 Å². The van der Waals surface area contributed by atoms with Gasteiger partial charge in [0.25, 0.3) is 0 Å². The summed E-state index contributed by atoms with van der Waals surface area (Å²) in [5.74, 6) is -1.11. The van der Waals surface area contributed by atoms with Crippen LogP contribution in [0.4, 0.5) is 14.5 Å². The van der Waals surface area contributed by atoms with Crippen LogP contribution in [-0.4, -0.2) is 5.91 Å². The summed E-state index contributed by atoms with van der Waals surface area (Å²) < 4.78 is 25.8. The van der Waals surface area contributed by atoms with Gasteiger partial charge in [-0.2, -0.15) is 0 Å². The molecular formula is C16H13F2NO. The number of carbonyl (C=O) groups is 1. The summed E-state index contributed by atoms with van der Waals surface area (Å²) in [5, 5.41) is 2.59. The summed E-state index contributed by atoms with van der Waals surface area (Å²) in [6.45, 7) is 1.78. The molecule has 0 saturated carbocycles. The molecule has 0 atom stereocenters. The highest BCUT2D eigenvalue weighted by molar-refractivity contribution is 6.02. The number of rotatable bonds is 3. The van der Waals surface area contributed by atoms with Crippen molar-refractivity contribution in [1.82, 2.24) is 0 Å². The molecule has 1 amide bonds. The van der Waals surface area contributed by atoms with Crippen LogP contribution < -0.4 is 5.32 Å². The summed E-state index contributed by atoms with van der Waals surface area (Å²) in [6, 6.07) is 9.94. The predicted octanol–water partition coefficient (Wildman–Crippen LogP) is 3.93. The minimum atomic E-state index is -0.409. The van der Waals surface area contributed by atoms with Crippen molar-refractivity contribution in [1.29, 1.82) is 0 Å². The van der Waals surface area contributed by atoms with Gasteiger partial charge < -0.3 is 5.32 Å². The van der Waals surface area contributed by atoms with Gasteiger partial charge in [-0.15, -0.1) is 0 Å². The number of halogens is 2. The van der Waals surface area contributed by atoms with Gasteiger partial charge in [-0.25, -0.2) is 8.78 Å². The maximum atomic E-state index is 13.1. The average Bonchev–Trinajstić information content (AvgIpc) is 2.42. The van der Waals surface area contributed by atoms with Crippen molar-refractivity contribution >= 4 is 17.7 Å². The third kappa shape index (κ3) is 3.75. The number of hydrogen-bond acceptors (Lipinski definition) is 1. The lowest BCUT2D eigenvalue weighted by atomic mass is 10.2. The van der Waals surface area contributed by atoms with E-state index in [-0.39, 0.29) is 11.7 Å². The molecule has 2 aromatic rings. The molecule has 2 nitrogen and oxygen atoms in total. The van der Waals surface area contributed by atoms with Gasteiger partial charge >= 0.3 is 0 Å². The Morgan fingerprint density at radius 1 is 1.05 bits per heavy atom. The Morgan fingerprint density at radius 2 is 1.70 bits per heavy atom. The van der Waals surface area contributed by atoms with E-state index in [1.807, 2.05) is 0 Å². The third-order valence-corrected chi connectivity index (χ3v) is 2.75. The molecule has 0 unspecified atom stereocenters. The second-order valence-electron chi connectivity index (χ2n) is 4.33. The van der Waals surface area contributed by atoms with Crippen LogP contribution >= 0.6 is 0 Å². The predicted molar refractivity (Wildman–Crippen MR) is 75.2 cm³/mol. The molecule has 0 bridgehead atoms. The first-order valence-electron chi connectivity index (χ1n) is 6.05. The van der Waals surface area contributed by atoms with Crippen LogP contribution in [0.2, 0.25) is 0 Å². The van der Waals surface area contributed by atoms with Crippen molar-refractivity contribution in [3.05, 3.63) is 71.3 Å². The molecule has 0 saturated heterocycles. The molecule has 0 spiro atoms. The van der Waals surface area contributed by atoms with Gasteiger partial charge in [-0.1, -0.05) is 18.2 Å². The first-order chi connectivity index (χ1) is 9.54. The SMILES string of the molecule is Cc1ccc(F)cc1NC(=O)/C=C/c1ccc(F)cc1. The number of nitrogens with one attached hydrogen (secondary N) is 1. The maximum absolute atomic E-state index is 13.1. The molecule has 0 aliphatic rings. The number of anilines is 1. The van der Waals surface area contributed by atoms with Crippen LogP contribution in [0.3, 0.4) is 0 Å². The first-order valence-corrected chi connectivity index (χ1v) is 6.05. The fraction of sp³-hybridized carbons (Fsp3) is 0.0625. The Balaban J connectivity index is 2.05. The quantitative estimate of drug-likeness (QED) is 0.844. The van der Waals surface area contributed by atoms with Crippen molar-refractivity contribution < 1.29 is 13.6 Å². The highest BCUT2D eigenvalue weighted by Crippen LogP contribution is 2.16. The molecule has 0 fully saturated rings. The van der Waals surface area contributed by atoms with Crippen molar-refractivity contribution in [2.45, 2.75) is 6.92 Å². The monoisotopic (exact) mass is 273 g/mol. The summed E-state index contributed by atoms with van der Waals surface area (Å²) in [7, 11) is 0. The molecule has 4 heteroatoms. The van der Waals surface area contributed by atoms with E-state index >= 15 is 0 Å². The molecule has 1 N–H and O–H groups in total. The maximum Gasteiger partial charge on any atom is 0.248 e. The zero-order valence-corrected chi connectivity index (χ0v) is 10.9. The van der Waals surface area contributed by atoms with Crippen molar-refractivity contribution in [3.8, 4) is 0 Å². The van der Waals surface area contributed by atoms with Crippen LogP contribution in [0.1, 0.15) is 11.1 Å². The molecule has 102 valence electrons. The fourth-order valence-electron chi connectivity index (χ4n) is 1.65. The van der Waals surface area contributed by atoms with Crippen molar-refractivity contribution in [2.75, 3.05) is 5.32 Å². The molecule has 20 heavy (non-hydrogen) atoms. The summed E-state index contributed by atoms with van der Waals surface area (Å²) >= 11 is 0. The van der Waals surface area contributed by atoms with Crippen molar-refractivity contribution in [3.63, 3.8) is 0 Å². The van der Waals surface area contributed by atoms with Gasteiger partial charge in [0.1, 0.15) is 11.6 Å². The standard InChI is InChI=1S/C16H13F2NO/c1-11-2-6-14(18)10-15(11)19-16(20)9-5-12-3-7-13(17)8-4-12/h2-10H,1H3,(H,19,20)/b9-5+. The normalized spacial score (nSPS) is 10.8. The van der Waals surface area contributed by atoms with E-state index in [0.29, 0.717) is 11.3 Å². The van der Waals surface area contributed by atoms with E-state index in [4.69, 9.17) is 0 Å². The average molecular weight is 273 g/mol. The van der Waals surface area contributed by atoms with Crippen LogP contribution in [0.5, 0.6) is 0 Å². The fourth-order valence-corrected chi connectivity index (χ4v) is 1.65. The van der Waals surface area contributed by atoms with Gasteiger partial charge in [-0.05, 0) is 48.4 Å². The Bertz CT molecular complexity index is 648. The minimum absolute atomic E-state index is 0.331. The molecule has 2 rings (SSSR count). The van der Waals surface area contributed by atoms with Gasteiger partial charge in [0.05, 0.1) is 0 Å². The Kier molecular flexibility index (Phi) is 4.25. The van der Waals surface area contributed by atoms with Crippen LogP contribution in [-0.2, 0) is 4.79 Å². The van der Waals surface area contributed by atoms with E-state index in [0.717, 1.165) is 5.56 Å². The van der Waals surface area contributed by atoms with Gasteiger partial charge in [0.15, 0.2) is 0 Å². The lowest BCUT2D eigenvalue weighted by Gasteiger charge is -2.06. The van der Waals surface area contributed by atoms with E-state index in [1.54, 1.807) is 31.2 Å². The van der Waals surface area contributed by atoms with Crippen LogP contribution in [0.15, 0.2) is 48.5 Å². The zero-order chi connectivity index (χ0) is 14.5. The number of amides is 1. The lowest BCUT2D eigenvalue weighted by Crippen LogP contribution is -2.09. The zero-order valence-electron chi connectivity index (χ0n) is 10.9. The molecule has 0 aromatic heterocycles. The third-order valence-electron chi connectivity index (χ3n) is 2.75.